The van der Waals surface area contributed by atoms with Crippen LogP contribution in [0.25, 0.3) is 5.69 Å². The smallest absolute Gasteiger partial charge is 0.154 e. The van der Waals surface area contributed by atoms with Crippen molar-refractivity contribution in [2.75, 3.05) is 12.4 Å². The number of benzene rings is 1. The Bertz CT molecular complexity index is 728. The summed E-state index contributed by atoms with van der Waals surface area (Å²) in [5.74, 6) is 2.32. The first-order valence-electron chi connectivity index (χ1n) is 7.42. The summed E-state index contributed by atoms with van der Waals surface area (Å²) < 4.78 is 7.82. The highest BCUT2D eigenvalue weighted by Crippen LogP contribution is 2.47. The lowest BCUT2D eigenvalue weighted by Gasteiger charge is -2.36. The molecule has 2 unspecified atom stereocenters. The van der Waals surface area contributed by atoms with Crippen molar-refractivity contribution in [2.24, 2.45) is 16.6 Å². The van der Waals surface area contributed by atoms with E-state index in [0.29, 0.717) is 11.1 Å². The molecule has 1 aromatic heterocycles. The highest BCUT2D eigenvalue weighted by molar-refractivity contribution is 8.13. The van der Waals surface area contributed by atoms with Crippen molar-refractivity contribution < 1.29 is 4.74 Å². The van der Waals surface area contributed by atoms with Crippen molar-refractivity contribution in [3.05, 3.63) is 42.2 Å². The topological polar surface area (TPSA) is 65.4 Å². The SMILES string of the molecule is CC12N=C(N)SCC1CCOc1ccc(-n3cccn3)cc12. The third-order valence-corrected chi connectivity index (χ3v) is 5.53. The van der Waals surface area contributed by atoms with Crippen molar-refractivity contribution in [2.45, 2.75) is 18.9 Å². The van der Waals surface area contributed by atoms with Crippen molar-refractivity contribution in [1.29, 1.82) is 0 Å². The highest BCUT2D eigenvalue weighted by Gasteiger charge is 2.42. The fourth-order valence-corrected chi connectivity index (χ4v) is 4.38. The van der Waals surface area contributed by atoms with Gasteiger partial charge in [-0.25, -0.2) is 4.68 Å². The zero-order valence-electron chi connectivity index (χ0n) is 12.4. The van der Waals surface area contributed by atoms with Gasteiger partial charge in [0, 0.05) is 29.6 Å². The largest absolute Gasteiger partial charge is 0.493 e. The second kappa shape index (κ2) is 5.05. The minimum absolute atomic E-state index is 0.329. The Morgan fingerprint density at radius 1 is 1.45 bits per heavy atom. The predicted molar refractivity (Wildman–Crippen MR) is 88.6 cm³/mol. The van der Waals surface area contributed by atoms with Crippen molar-refractivity contribution in [3.63, 3.8) is 0 Å². The molecule has 0 spiro atoms. The number of nitrogens with two attached hydrogens (primary N) is 1. The summed E-state index contributed by atoms with van der Waals surface area (Å²) in [5, 5.41) is 4.97. The van der Waals surface area contributed by atoms with E-state index >= 15 is 0 Å². The lowest BCUT2D eigenvalue weighted by Crippen LogP contribution is -2.37. The monoisotopic (exact) mass is 314 g/mol. The minimum Gasteiger partial charge on any atom is -0.493 e. The van der Waals surface area contributed by atoms with E-state index in [1.807, 2.05) is 29.1 Å². The molecule has 2 N–H and O–H groups in total. The van der Waals surface area contributed by atoms with Gasteiger partial charge in [0.15, 0.2) is 5.17 Å². The van der Waals surface area contributed by atoms with Crippen molar-refractivity contribution in [1.82, 2.24) is 9.78 Å². The summed E-state index contributed by atoms with van der Waals surface area (Å²) in [6.07, 6.45) is 4.71. The van der Waals surface area contributed by atoms with E-state index in [0.717, 1.165) is 35.8 Å². The average Bonchev–Trinajstić information content (AvgIpc) is 2.99. The van der Waals surface area contributed by atoms with Gasteiger partial charge in [-0.05, 0) is 37.6 Å². The summed E-state index contributed by atoms with van der Waals surface area (Å²) in [6.45, 7) is 2.90. The molecule has 2 atom stereocenters. The number of aromatic nitrogens is 2. The molecule has 2 aliphatic heterocycles. The van der Waals surface area contributed by atoms with Crippen LogP contribution in [0.1, 0.15) is 18.9 Å². The Balaban J connectivity index is 1.89. The van der Waals surface area contributed by atoms with Crippen molar-refractivity contribution in [3.8, 4) is 11.4 Å². The molecule has 1 aromatic carbocycles. The van der Waals surface area contributed by atoms with Crippen LogP contribution in [-0.2, 0) is 5.54 Å². The van der Waals surface area contributed by atoms with Gasteiger partial charge in [-0.1, -0.05) is 11.8 Å². The lowest BCUT2D eigenvalue weighted by molar-refractivity contribution is 0.271. The van der Waals surface area contributed by atoms with E-state index in [1.54, 1.807) is 18.0 Å². The van der Waals surface area contributed by atoms with Gasteiger partial charge in [0.2, 0.25) is 0 Å². The maximum atomic E-state index is 6.02. The molecule has 114 valence electrons. The van der Waals surface area contributed by atoms with E-state index in [4.69, 9.17) is 15.5 Å². The number of hydrogen-bond donors (Lipinski definition) is 1. The molecule has 4 rings (SSSR count). The molecule has 2 aromatic rings. The lowest BCUT2D eigenvalue weighted by atomic mass is 9.79. The molecule has 0 saturated heterocycles. The van der Waals surface area contributed by atoms with E-state index in [1.165, 1.54) is 0 Å². The molecule has 0 saturated carbocycles. The normalized spacial score (nSPS) is 27.1. The van der Waals surface area contributed by atoms with Crippen molar-refractivity contribution >= 4 is 16.9 Å². The van der Waals surface area contributed by atoms with Crippen LogP contribution in [0.4, 0.5) is 0 Å². The number of rotatable bonds is 1. The number of nitrogens with zero attached hydrogens (tertiary/aromatic N) is 3. The summed E-state index contributed by atoms with van der Waals surface area (Å²) in [5.41, 5.74) is 7.81. The Labute approximate surface area is 133 Å². The Morgan fingerprint density at radius 3 is 3.18 bits per heavy atom. The second-order valence-electron chi connectivity index (χ2n) is 5.87. The van der Waals surface area contributed by atoms with Gasteiger partial charge in [0.25, 0.3) is 0 Å². The average molecular weight is 314 g/mol. The predicted octanol–water partition coefficient (Wildman–Crippen LogP) is 2.55. The fraction of sp³-hybridized carbons (Fsp3) is 0.375. The molecule has 0 fully saturated rings. The van der Waals surface area contributed by atoms with Crippen LogP contribution in [0.3, 0.4) is 0 Å². The second-order valence-corrected chi connectivity index (χ2v) is 6.91. The van der Waals surface area contributed by atoms with Crippen LogP contribution in [0.5, 0.6) is 5.75 Å². The zero-order chi connectivity index (χ0) is 15.2. The van der Waals surface area contributed by atoms with Crippen LogP contribution in [-0.4, -0.2) is 27.3 Å². The van der Waals surface area contributed by atoms with E-state index in [2.05, 4.69) is 18.1 Å². The van der Waals surface area contributed by atoms with E-state index < -0.39 is 0 Å². The summed E-state index contributed by atoms with van der Waals surface area (Å²) in [4.78, 5) is 4.81. The Morgan fingerprint density at radius 2 is 2.36 bits per heavy atom. The summed E-state index contributed by atoms with van der Waals surface area (Å²) in [6, 6.07) is 8.10. The first kappa shape index (κ1) is 13.7. The van der Waals surface area contributed by atoms with Gasteiger partial charge in [-0.3, -0.25) is 4.99 Å². The molecular weight excluding hydrogens is 296 g/mol. The molecule has 0 radical (unpaired) electrons. The minimum atomic E-state index is -0.329. The van der Waals surface area contributed by atoms with Gasteiger partial charge in [0.1, 0.15) is 5.75 Å². The van der Waals surface area contributed by atoms with Gasteiger partial charge < -0.3 is 10.5 Å². The zero-order valence-corrected chi connectivity index (χ0v) is 13.2. The first-order chi connectivity index (χ1) is 10.7. The number of fused-ring (bicyclic) bond motifs is 3. The standard InChI is InChI=1S/C16H18N4OS/c1-16-11(10-22-15(17)19-16)5-8-21-14-4-3-12(9-13(14)16)20-7-2-6-18-20/h2-4,6-7,9,11H,5,8,10H2,1H3,(H2,17,19). The maximum absolute atomic E-state index is 6.02. The third-order valence-electron chi connectivity index (χ3n) is 4.57. The van der Waals surface area contributed by atoms with Crippen LogP contribution in [0, 0.1) is 5.92 Å². The number of aliphatic imine (C=N–C) groups is 1. The van der Waals surface area contributed by atoms with E-state index in [-0.39, 0.29) is 5.54 Å². The Kier molecular flexibility index (Phi) is 3.14. The summed E-state index contributed by atoms with van der Waals surface area (Å²) in [7, 11) is 0. The molecule has 6 heteroatoms. The summed E-state index contributed by atoms with van der Waals surface area (Å²) >= 11 is 1.64. The van der Waals surface area contributed by atoms with Crippen LogP contribution in [0.2, 0.25) is 0 Å². The fourth-order valence-electron chi connectivity index (χ4n) is 3.26. The van der Waals surface area contributed by atoms with Crippen LogP contribution >= 0.6 is 11.8 Å². The third kappa shape index (κ3) is 2.09. The highest BCUT2D eigenvalue weighted by atomic mass is 32.2. The molecule has 0 aliphatic carbocycles. The van der Waals surface area contributed by atoms with Gasteiger partial charge in [-0.2, -0.15) is 5.10 Å². The van der Waals surface area contributed by atoms with Crippen LogP contribution < -0.4 is 10.5 Å². The molecule has 5 nitrogen and oxygen atoms in total. The molecule has 0 amide bonds. The van der Waals surface area contributed by atoms with Gasteiger partial charge in [-0.15, -0.1) is 0 Å². The molecule has 3 heterocycles. The molecule has 22 heavy (non-hydrogen) atoms. The van der Waals surface area contributed by atoms with Gasteiger partial charge >= 0.3 is 0 Å². The van der Waals surface area contributed by atoms with Crippen LogP contribution in [0.15, 0.2) is 41.7 Å². The maximum Gasteiger partial charge on any atom is 0.154 e. The molecule has 0 bridgehead atoms. The first-order valence-corrected chi connectivity index (χ1v) is 8.41. The van der Waals surface area contributed by atoms with E-state index in [9.17, 15) is 0 Å². The number of ether oxygens (including phenoxy) is 1. The number of thioether (sulfide) groups is 1. The molecular formula is C16H18N4OS. The molecule has 2 aliphatic rings. The Hall–Kier alpha value is -1.95. The quantitative estimate of drug-likeness (QED) is 0.878. The van der Waals surface area contributed by atoms with Gasteiger partial charge in [0.05, 0.1) is 17.8 Å². The number of hydrogen-bond acceptors (Lipinski definition) is 5. The number of amidine groups is 1.